The van der Waals surface area contributed by atoms with Gasteiger partial charge in [-0.2, -0.15) is 0 Å². The molecule has 0 aliphatic heterocycles. The molecule has 18 heavy (non-hydrogen) atoms. The molecular formula is C12H25NO5. The molecule has 0 radical (unpaired) electrons. The van der Waals surface area contributed by atoms with Gasteiger partial charge in [-0.15, -0.1) is 0 Å². The molecule has 2 atom stereocenters. The topological polar surface area (TPSA) is 102 Å². The summed E-state index contributed by atoms with van der Waals surface area (Å²) in [5, 5.41) is 18.7. The van der Waals surface area contributed by atoms with Crippen LogP contribution in [0.4, 0.5) is 0 Å². The summed E-state index contributed by atoms with van der Waals surface area (Å²) < 4.78 is 9.95. The number of unbranched alkanes of at least 4 members (excludes halogenated alkanes) is 1. The van der Waals surface area contributed by atoms with E-state index >= 15 is 0 Å². The van der Waals surface area contributed by atoms with Crippen molar-refractivity contribution < 1.29 is 24.5 Å². The molecule has 0 spiro atoms. The fourth-order valence-corrected chi connectivity index (χ4v) is 1.64. The van der Waals surface area contributed by atoms with Crippen molar-refractivity contribution in [3.63, 3.8) is 0 Å². The number of methoxy groups -OCH3 is 1. The third kappa shape index (κ3) is 9.35. The molecule has 108 valence electrons. The molecule has 0 bridgehead atoms. The van der Waals surface area contributed by atoms with Gasteiger partial charge in [0.1, 0.15) is 0 Å². The number of carboxylic acids is 1. The first-order valence-corrected chi connectivity index (χ1v) is 6.29. The number of ether oxygens (including phenoxy) is 2. The van der Waals surface area contributed by atoms with Crippen LogP contribution in [0.5, 0.6) is 0 Å². The van der Waals surface area contributed by atoms with Gasteiger partial charge >= 0.3 is 5.97 Å². The van der Waals surface area contributed by atoms with Gasteiger partial charge in [-0.25, -0.2) is 0 Å². The van der Waals surface area contributed by atoms with Gasteiger partial charge in [0.15, 0.2) is 0 Å². The number of carbonyl (C=O) groups is 1. The zero-order valence-electron chi connectivity index (χ0n) is 11.0. The summed E-state index contributed by atoms with van der Waals surface area (Å²) in [5.74, 6) is -1.40. The lowest BCUT2D eigenvalue weighted by atomic mass is 9.96. The second kappa shape index (κ2) is 11.4. The molecule has 0 fully saturated rings. The first-order chi connectivity index (χ1) is 8.61. The monoisotopic (exact) mass is 263 g/mol. The molecule has 0 saturated heterocycles. The van der Waals surface area contributed by atoms with Gasteiger partial charge in [-0.3, -0.25) is 4.79 Å². The summed E-state index contributed by atoms with van der Waals surface area (Å²) in [6.07, 6.45) is 1.59. The normalized spacial score (nSPS) is 14.4. The fourth-order valence-electron chi connectivity index (χ4n) is 1.64. The predicted octanol–water partition coefficient (Wildman–Crippen LogP) is 0.230. The molecule has 6 nitrogen and oxygen atoms in total. The van der Waals surface area contributed by atoms with Crippen LogP contribution in [0.25, 0.3) is 0 Å². The van der Waals surface area contributed by atoms with Crippen molar-refractivity contribution >= 4 is 5.97 Å². The van der Waals surface area contributed by atoms with Gasteiger partial charge in [-0.05, 0) is 25.8 Å². The molecule has 2 unspecified atom stereocenters. The summed E-state index contributed by atoms with van der Waals surface area (Å²) in [6.45, 7) is 1.57. The molecule has 0 aromatic carbocycles. The summed E-state index contributed by atoms with van der Waals surface area (Å²) in [7, 11) is 1.57. The molecule has 0 aliphatic rings. The standard InChI is InChI=1S/C12H25NO5/c1-17-6-7-18-9-11(14)8-10(12(15)16)4-2-3-5-13/h10-11,14H,2-9,13H2,1H3,(H,15,16). The Morgan fingerprint density at radius 1 is 1.33 bits per heavy atom. The number of hydrogen-bond donors (Lipinski definition) is 3. The molecule has 0 amide bonds. The van der Waals surface area contributed by atoms with Crippen LogP contribution in [0.2, 0.25) is 0 Å². The molecule has 0 aliphatic carbocycles. The van der Waals surface area contributed by atoms with Crippen LogP contribution in [-0.4, -0.2) is 55.8 Å². The number of hydrogen-bond acceptors (Lipinski definition) is 5. The van der Waals surface area contributed by atoms with Gasteiger partial charge in [0, 0.05) is 7.11 Å². The lowest BCUT2D eigenvalue weighted by molar-refractivity contribution is -0.143. The molecule has 0 aromatic heterocycles. The minimum atomic E-state index is -0.872. The van der Waals surface area contributed by atoms with E-state index in [1.54, 1.807) is 7.11 Å². The average molecular weight is 263 g/mol. The first-order valence-electron chi connectivity index (χ1n) is 6.29. The molecule has 6 heteroatoms. The number of rotatable bonds is 12. The van der Waals surface area contributed by atoms with Crippen molar-refractivity contribution in [2.45, 2.75) is 31.8 Å². The molecule has 0 heterocycles. The smallest absolute Gasteiger partial charge is 0.306 e. The van der Waals surface area contributed by atoms with Gasteiger partial charge in [0.25, 0.3) is 0 Å². The quantitative estimate of drug-likeness (QED) is 0.436. The highest BCUT2D eigenvalue weighted by molar-refractivity contribution is 5.69. The van der Waals surface area contributed by atoms with Gasteiger partial charge in [0.05, 0.1) is 31.8 Å². The van der Waals surface area contributed by atoms with E-state index in [4.69, 9.17) is 20.3 Å². The SMILES string of the molecule is COCCOCC(O)CC(CCCCN)C(=O)O. The van der Waals surface area contributed by atoms with E-state index in [0.29, 0.717) is 26.2 Å². The summed E-state index contributed by atoms with van der Waals surface area (Å²) in [5.41, 5.74) is 5.36. The zero-order valence-corrected chi connectivity index (χ0v) is 11.0. The van der Waals surface area contributed by atoms with E-state index in [-0.39, 0.29) is 13.0 Å². The third-order valence-electron chi connectivity index (χ3n) is 2.65. The fraction of sp³-hybridized carbons (Fsp3) is 0.917. The van der Waals surface area contributed by atoms with Crippen molar-refractivity contribution in [3.8, 4) is 0 Å². The Labute approximate surface area is 108 Å². The second-order valence-electron chi connectivity index (χ2n) is 4.28. The lowest BCUT2D eigenvalue weighted by Crippen LogP contribution is -2.25. The minimum absolute atomic E-state index is 0.143. The average Bonchev–Trinajstić information content (AvgIpc) is 2.33. The Morgan fingerprint density at radius 2 is 2.06 bits per heavy atom. The van der Waals surface area contributed by atoms with E-state index in [9.17, 15) is 9.90 Å². The first kappa shape index (κ1) is 17.3. The van der Waals surface area contributed by atoms with Gasteiger partial charge in [-0.1, -0.05) is 6.42 Å². The van der Waals surface area contributed by atoms with Crippen LogP contribution in [-0.2, 0) is 14.3 Å². The highest BCUT2D eigenvalue weighted by Gasteiger charge is 2.21. The highest BCUT2D eigenvalue weighted by atomic mass is 16.5. The van der Waals surface area contributed by atoms with E-state index in [1.165, 1.54) is 0 Å². The predicted molar refractivity (Wildman–Crippen MR) is 67.4 cm³/mol. The van der Waals surface area contributed by atoms with Crippen molar-refractivity contribution in [1.82, 2.24) is 0 Å². The lowest BCUT2D eigenvalue weighted by Gasteiger charge is -2.16. The molecule has 0 aromatic rings. The van der Waals surface area contributed by atoms with E-state index in [1.807, 2.05) is 0 Å². The van der Waals surface area contributed by atoms with Crippen LogP contribution in [0, 0.1) is 5.92 Å². The van der Waals surface area contributed by atoms with Crippen LogP contribution in [0.3, 0.4) is 0 Å². The maximum Gasteiger partial charge on any atom is 0.306 e. The number of aliphatic hydroxyl groups is 1. The Balaban J connectivity index is 3.81. The van der Waals surface area contributed by atoms with E-state index < -0.39 is 18.0 Å². The zero-order chi connectivity index (χ0) is 13.8. The molecule has 4 N–H and O–H groups in total. The van der Waals surface area contributed by atoms with Crippen molar-refractivity contribution in [2.24, 2.45) is 11.7 Å². The third-order valence-corrected chi connectivity index (χ3v) is 2.65. The summed E-state index contributed by atoms with van der Waals surface area (Å²) in [4.78, 5) is 11.0. The largest absolute Gasteiger partial charge is 0.481 e. The highest BCUT2D eigenvalue weighted by Crippen LogP contribution is 2.15. The number of aliphatic carboxylic acids is 1. The molecule has 0 saturated carbocycles. The van der Waals surface area contributed by atoms with Crippen LogP contribution in [0.1, 0.15) is 25.7 Å². The molecule has 0 rings (SSSR count). The Hall–Kier alpha value is -0.690. The van der Waals surface area contributed by atoms with Gasteiger partial charge in [0.2, 0.25) is 0 Å². The Morgan fingerprint density at radius 3 is 2.61 bits per heavy atom. The maximum atomic E-state index is 11.0. The van der Waals surface area contributed by atoms with Crippen molar-refractivity contribution in [1.29, 1.82) is 0 Å². The maximum absolute atomic E-state index is 11.0. The summed E-state index contributed by atoms with van der Waals surface area (Å²) >= 11 is 0. The Kier molecular flexibility index (Phi) is 11.0. The van der Waals surface area contributed by atoms with Crippen LogP contribution >= 0.6 is 0 Å². The Bertz CT molecular complexity index is 213. The number of carboxylic acid groups (broad SMARTS) is 1. The van der Waals surface area contributed by atoms with Crippen LogP contribution in [0.15, 0.2) is 0 Å². The van der Waals surface area contributed by atoms with Crippen molar-refractivity contribution in [2.75, 3.05) is 33.5 Å². The number of nitrogens with two attached hydrogens (primary N) is 1. The van der Waals surface area contributed by atoms with Crippen LogP contribution < -0.4 is 5.73 Å². The molecular weight excluding hydrogens is 238 g/mol. The van der Waals surface area contributed by atoms with E-state index in [0.717, 1.165) is 12.8 Å². The summed E-state index contributed by atoms with van der Waals surface area (Å²) in [6, 6.07) is 0. The van der Waals surface area contributed by atoms with Gasteiger partial charge < -0.3 is 25.4 Å². The van der Waals surface area contributed by atoms with Crippen molar-refractivity contribution in [3.05, 3.63) is 0 Å². The second-order valence-corrected chi connectivity index (χ2v) is 4.28. The van der Waals surface area contributed by atoms with E-state index in [2.05, 4.69) is 0 Å². The minimum Gasteiger partial charge on any atom is -0.481 e. The number of aliphatic hydroxyl groups excluding tert-OH is 1.